The number of carboxylic acid groups (broad SMARTS) is 1. The maximum absolute atomic E-state index is 12.2. The highest BCUT2D eigenvalue weighted by molar-refractivity contribution is 8.01. The third kappa shape index (κ3) is 2.63. The van der Waals surface area contributed by atoms with Gasteiger partial charge in [0.05, 0.1) is 0 Å². The van der Waals surface area contributed by atoms with Gasteiger partial charge in [-0.2, -0.15) is 0 Å². The first-order valence-corrected chi connectivity index (χ1v) is 8.04. The number of carboxylic acids is 1. The Kier molecular flexibility index (Phi) is 3.71. The molecule has 3 atom stereocenters. The predicted octanol–water partition coefficient (Wildman–Crippen LogP) is 1.32. The highest BCUT2D eigenvalue weighted by Gasteiger charge is 2.64. The lowest BCUT2D eigenvalue weighted by molar-refractivity contribution is -0.159. The molecule has 7 nitrogen and oxygen atoms in total. The van der Waals surface area contributed by atoms with E-state index in [1.54, 1.807) is 38.1 Å². The van der Waals surface area contributed by atoms with Gasteiger partial charge in [-0.05, 0) is 26.0 Å². The number of carbonyl (C=O) groups is 3. The van der Waals surface area contributed by atoms with Gasteiger partial charge >= 0.3 is 12.0 Å². The number of amides is 3. The van der Waals surface area contributed by atoms with Gasteiger partial charge in [0.15, 0.2) is 0 Å². The molecular formula is C15H17N3O4S. The van der Waals surface area contributed by atoms with Gasteiger partial charge in [-0.15, -0.1) is 11.8 Å². The Labute approximate surface area is 137 Å². The van der Waals surface area contributed by atoms with Crippen LogP contribution in [-0.4, -0.2) is 50.1 Å². The molecule has 8 heteroatoms. The van der Waals surface area contributed by atoms with Crippen LogP contribution in [0.15, 0.2) is 30.3 Å². The average molecular weight is 335 g/mol. The molecule has 1 aromatic carbocycles. The Balaban J connectivity index is 1.66. The minimum absolute atomic E-state index is 0.347. The molecule has 0 spiro atoms. The number of nitrogens with one attached hydrogen (secondary N) is 2. The summed E-state index contributed by atoms with van der Waals surface area (Å²) in [6, 6.07) is 6.83. The van der Waals surface area contributed by atoms with Gasteiger partial charge in [0.25, 0.3) is 0 Å². The van der Waals surface area contributed by atoms with E-state index in [0.717, 1.165) is 0 Å². The molecule has 0 aromatic heterocycles. The summed E-state index contributed by atoms with van der Waals surface area (Å²) < 4.78 is -0.599. The summed E-state index contributed by atoms with van der Waals surface area (Å²) >= 11 is 1.40. The molecule has 23 heavy (non-hydrogen) atoms. The smallest absolute Gasteiger partial charge is 0.327 e. The highest BCUT2D eigenvalue weighted by atomic mass is 32.2. The van der Waals surface area contributed by atoms with Gasteiger partial charge in [-0.25, -0.2) is 9.59 Å². The van der Waals surface area contributed by atoms with Crippen LogP contribution in [-0.2, 0) is 9.59 Å². The third-order valence-electron chi connectivity index (χ3n) is 3.99. The van der Waals surface area contributed by atoms with E-state index in [9.17, 15) is 19.5 Å². The van der Waals surface area contributed by atoms with E-state index in [4.69, 9.17) is 0 Å². The molecule has 2 aliphatic heterocycles. The Morgan fingerprint density at radius 2 is 1.91 bits per heavy atom. The molecule has 2 aliphatic rings. The number of nitrogens with zero attached hydrogens (tertiary/aromatic N) is 1. The van der Waals surface area contributed by atoms with Gasteiger partial charge in [0.1, 0.15) is 17.5 Å². The molecule has 0 aliphatic carbocycles. The lowest BCUT2D eigenvalue weighted by Gasteiger charge is -2.43. The Bertz CT molecular complexity index is 664. The summed E-state index contributed by atoms with van der Waals surface area (Å²) in [6.45, 7) is 3.59. The summed E-state index contributed by atoms with van der Waals surface area (Å²) in [7, 11) is 0. The molecule has 3 amide bonds. The minimum atomic E-state index is -1.02. The van der Waals surface area contributed by atoms with Crippen molar-refractivity contribution in [2.45, 2.75) is 36.1 Å². The SMILES string of the molecule is CC1(C)S[C@@H]2[C@H](NC(=O)Nc3ccccc3)C(=O)N2[C@@H]1C(=O)O. The number of hydrogen-bond acceptors (Lipinski definition) is 4. The number of carbonyl (C=O) groups excluding carboxylic acids is 2. The topological polar surface area (TPSA) is 98.7 Å². The van der Waals surface area contributed by atoms with E-state index < -0.39 is 28.8 Å². The Morgan fingerprint density at radius 1 is 1.26 bits per heavy atom. The van der Waals surface area contributed by atoms with Gasteiger partial charge < -0.3 is 20.6 Å². The van der Waals surface area contributed by atoms with Crippen LogP contribution in [0.25, 0.3) is 0 Å². The van der Waals surface area contributed by atoms with Gasteiger partial charge in [0, 0.05) is 10.4 Å². The maximum atomic E-state index is 12.2. The van der Waals surface area contributed by atoms with Crippen molar-refractivity contribution >= 4 is 35.4 Å². The normalized spacial score (nSPS) is 27.8. The summed E-state index contributed by atoms with van der Waals surface area (Å²) in [4.78, 5) is 37.0. The maximum Gasteiger partial charge on any atom is 0.327 e. The molecule has 122 valence electrons. The van der Waals surface area contributed by atoms with E-state index in [2.05, 4.69) is 10.6 Å². The molecule has 0 bridgehead atoms. The molecule has 1 aromatic rings. The van der Waals surface area contributed by atoms with E-state index in [0.29, 0.717) is 5.69 Å². The third-order valence-corrected chi connectivity index (χ3v) is 5.56. The fraction of sp³-hybridized carbons (Fsp3) is 0.400. The van der Waals surface area contributed by atoms with Crippen LogP contribution in [0.2, 0.25) is 0 Å². The van der Waals surface area contributed by atoms with Crippen LogP contribution in [0.5, 0.6) is 0 Å². The van der Waals surface area contributed by atoms with Crippen molar-refractivity contribution in [2.24, 2.45) is 0 Å². The fourth-order valence-electron chi connectivity index (χ4n) is 2.98. The number of urea groups is 1. The van der Waals surface area contributed by atoms with Crippen LogP contribution in [0.1, 0.15) is 13.8 Å². The first-order chi connectivity index (χ1) is 10.8. The molecule has 0 unspecified atom stereocenters. The van der Waals surface area contributed by atoms with Crippen molar-refractivity contribution in [1.29, 1.82) is 0 Å². The lowest BCUT2D eigenvalue weighted by Crippen LogP contribution is -2.70. The Hall–Kier alpha value is -2.22. The van der Waals surface area contributed by atoms with Crippen LogP contribution >= 0.6 is 11.8 Å². The van der Waals surface area contributed by atoms with Crippen molar-refractivity contribution in [1.82, 2.24) is 10.2 Å². The van der Waals surface area contributed by atoms with Gasteiger partial charge in [0.2, 0.25) is 5.91 Å². The van der Waals surface area contributed by atoms with Gasteiger partial charge in [-0.1, -0.05) is 18.2 Å². The predicted molar refractivity (Wildman–Crippen MR) is 86.1 cm³/mol. The lowest BCUT2D eigenvalue weighted by atomic mass is 9.96. The molecule has 0 radical (unpaired) electrons. The number of anilines is 1. The van der Waals surface area contributed by atoms with E-state index in [1.807, 2.05) is 6.07 Å². The standard InChI is InChI=1S/C15H17N3O4S/c1-15(2)10(13(20)21)18-11(19)9(12(18)23-15)17-14(22)16-8-6-4-3-5-7-8/h3-7,9-10,12H,1-2H3,(H,20,21)(H2,16,17,22)/t9-,10-,12-/m1/s1. The number of aliphatic carboxylic acids is 1. The second kappa shape index (κ2) is 5.45. The number of para-hydroxylation sites is 1. The second-order valence-electron chi connectivity index (χ2n) is 6.04. The quantitative estimate of drug-likeness (QED) is 0.724. The monoisotopic (exact) mass is 335 g/mol. The number of fused-ring (bicyclic) bond motifs is 1. The zero-order chi connectivity index (χ0) is 16.8. The summed E-state index contributed by atoms with van der Waals surface area (Å²) in [5.41, 5.74) is 0.622. The van der Waals surface area contributed by atoms with Crippen LogP contribution in [0.4, 0.5) is 10.5 Å². The van der Waals surface area contributed by atoms with E-state index in [-0.39, 0.29) is 11.3 Å². The zero-order valence-electron chi connectivity index (χ0n) is 12.6. The van der Waals surface area contributed by atoms with E-state index >= 15 is 0 Å². The number of thioether (sulfide) groups is 1. The minimum Gasteiger partial charge on any atom is -0.480 e. The summed E-state index contributed by atoms with van der Waals surface area (Å²) in [5.74, 6) is -1.38. The number of hydrogen-bond donors (Lipinski definition) is 3. The van der Waals surface area contributed by atoms with Crippen LogP contribution in [0.3, 0.4) is 0 Å². The molecular weight excluding hydrogens is 318 g/mol. The number of benzene rings is 1. The average Bonchev–Trinajstić information content (AvgIpc) is 2.74. The van der Waals surface area contributed by atoms with E-state index in [1.165, 1.54) is 16.7 Å². The van der Waals surface area contributed by atoms with Crippen molar-refractivity contribution < 1.29 is 19.5 Å². The van der Waals surface area contributed by atoms with Crippen molar-refractivity contribution in [3.05, 3.63) is 30.3 Å². The first kappa shape index (κ1) is 15.7. The first-order valence-electron chi connectivity index (χ1n) is 7.16. The molecule has 2 saturated heterocycles. The summed E-state index contributed by atoms with van der Waals surface area (Å²) in [6.07, 6.45) is 0. The largest absolute Gasteiger partial charge is 0.480 e. The van der Waals surface area contributed by atoms with Crippen molar-refractivity contribution in [2.75, 3.05) is 5.32 Å². The van der Waals surface area contributed by atoms with Crippen LogP contribution in [0, 0.1) is 0 Å². The molecule has 3 N–H and O–H groups in total. The van der Waals surface area contributed by atoms with Gasteiger partial charge in [-0.3, -0.25) is 4.79 Å². The number of rotatable bonds is 3. The van der Waals surface area contributed by atoms with Crippen molar-refractivity contribution in [3.63, 3.8) is 0 Å². The Morgan fingerprint density at radius 3 is 2.52 bits per heavy atom. The summed E-state index contributed by atoms with van der Waals surface area (Å²) in [5, 5.41) is 14.3. The van der Waals surface area contributed by atoms with Crippen molar-refractivity contribution in [3.8, 4) is 0 Å². The zero-order valence-corrected chi connectivity index (χ0v) is 13.5. The fourth-order valence-corrected chi connectivity index (χ4v) is 4.60. The second-order valence-corrected chi connectivity index (χ2v) is 7.81. The highest BCUT2D eigenvalue weighted by Crippen LogP contribution is 2.50. The molecule has 0 saturated carbocycles. The molecule has 2 fully saturated rings. The number of β-lactam (4-membered cyclic amide) rings is 1. The van der Waals surface area contributed by atoms with Crippen LogP contribution < -0.4 is 10.6 Å². The molecule has 2 heterocycles. The molecule has 3 rings (SSSR count).